The number of anilines is 4. The number of rotatable bonds is 16. The van der Waals surface area contributed by atoms with E-state index in [-0.39, 0.29) is 36.2 Å². The van der Waals surface area contributed by atoms with Gasteiger partial charge in [0.25, 0.3) is 23.6 Å². The molecular weight excluding hydrogens is 1040 g/mol. The van der Waals surface area contributed by atoms with Gasteiger partial charge in [0.15, 0.2) is 0 Å². The monoisotopic (exact) mass is 1100 g/mol. The van der Waals surface area contributed by atoms with Crippen LogP contribution >= 0.6 is 0 Å². The van der Waals surface area contributed by atoms with Crippen molar-refractivity contribution in [2.45, 2.75) is 25.9 Å². The summed E-state index contributed by atoms with van der Waals surface area (Å²) in [6.45, 7) is 4.30. The molecule has 82 heavy (non-hydrogen) atoms. The Morgan fingerprint density at radius 3 is 1.34 bits per heavy atom. The summed E-state index contributed by atoms with van der Waals surface area (Å²) in [5.74, 6) is 1.23. The standard InChI is InChI=1S/2C31H28N6O4/c1-19(17-36-30(38)25-7-5-6-8-26(25)31(36)39)37(22-11-23(40-3)14-24(12-22)41-4)21-9-10-27-28(13-21)34-29(16-32-27)20-15-33-35(2)18-20;1-19(37-30(38)25-7-5-6-8-26(25)31(37)39)17-36(22-11-23(40-3)14-24(12-22)41-4)21-9-10-27-28(13-21)34-29(16-32-27)20-15-33-35(2)18-20/h2*5-16,18-19H,17H2,1-4H3. The number of carbonyl (C=O) groups excluding carboxylic acids is 4. The summed E-state index contributed by atoms with van der Waals surface area (Å²) in [6.07, 6.45) is 10.7. The van der Waals surface area contributed by atoms with E-state index in [0.29, 0.717) is 74.2 Å². The highest BCUT2D eigenvalue weighted by atomic mass is 16.5. The quantitative estimate of drug-likeness (QED) is 0.0826. The number of amides is 4. The highest BCUT2D eigenvalue weighted by Gasteiger charge is 2.40. The lowest BCUT2D eigenvalue weighted by molar-refractivity contribution is 0.0597. The molecule has 12 rings (SSSR count). The minimum absolute atomic E-state index is 0.158. The summed E-state index contributed by atoms with van der Waals surface area (Å²) in [7, 11) is 10.1. The number of imide groups is 2. The number of aryl methyl sites for hydroxylation is 2. The van der Waals surface area contributed by atoms with E-state index >= 15 is 0 Å². The van der Waals surface area contributed by atoms with Gasteiger partial charge in [-0.2, -0.15) is 10.2 Å². The number of methoxy groups -OCH3 is 4. The van der Waals surface area contributed by atoms with E-state index in [1.165, 1.54) is 9.80 Å². The predicted octanol–water partition coefficient (Wildman–Crippen LogP) is 9.74. The van der Waals surface area contributed by atoms with Crippen molar-refractivity contribution in [2.75, 3.05) is 51.3 Å². The van der Waals surface area contributed by atoms with Gasteiger partial charge in [-0.25, -0.2) is 9.97 Å². The third-order valence-corrected chi connectivity index (χ3v) is 14.4. The molecule has 0 radical (unpaired) electrons. The number of fused-ring (bicyclic) bond motifs is 4. The summed E-state index contributed by atoms with van der Waals surface area (Å²) in [4.78, 5) is 78.6. The SMILES string of the molecule is COc1cc(OC)cc(N(CC(C)N2C(=O)c3ccccc3C2=O)c2ccc3ncc(-c4cnn(C)c4)nc3c2)c1.COc1cc(OC)cc(N(c2ccc3ncc(-c4cnn(C)c4)nc3c2)C(C)CN2C(=O)c3ccccc3C2=O)c1. The molecule has 10 aromatic rings. The van der Waals surface area contributed by atoms with Crippen molar-refractivity contribution in [1.29, 1.82) is 0 Å². The van der Waals surface area contributed by atoms with Crippen LogP contribution in [0, 0.1) is 0 Å². The van der Waals surface area contributed by atoms with Gasteiger partial charge < -0.3 is 28.7 Å². The lowest BCUT2D eigenvalue weighted by atomic mass is 10.1. The molecule has 2 atom stereocenters. The van der Waals surface area contributed by atoms with Gasteiger partial charge in [-0.1, -0.05) is 24.3 Å². The zero-order chi connectivity index (χ0) is 57.3. The molecule has 0 saturated carbocycles. The Hall–Kier alpha value is -10.5. The second-order valence-corrected chi connectivity index (χ2v) is 19.8. The first-order chi connectivity index (χ1) is 39.7. The van der Waals surface area contributed by atoms with E-state index in [1.807, 2.05) is 111 Å². The molecule has 2 unspecified atom stereocenters. The number of aromatic nitrogens is 8. The number of ether oxygens (including phenoxy) is 4. The Bertz CT molecular complexity index is 4010. The van der Waals surface area contributed by atoms with Crippen molar-refractivity contribution in [3.05, 3.63) is 181 Å². The van der Waals surface area contributed by atoms with Crippen molar-refractivity contribution < 1.29 is 38.1 Å². The molecule has 0 spiro atoms. The average Bonchev–Trinajstić information content (AvgIpc) is 4.43. The molecule has 2 aliphatic heterocycles. The third-order valence-electron chi connectivity index (χ3n) is 14.4. The smallest absolute Gasteiger partial charge is 0.261 e. The first kappa shape index (κ1) is 53.5. The van der Waals surface area contributed by atoms with E-state index < -0.39 is 6.04 Å². The van der Waals surface area contributed by atoms with Gasteiger partial charge in [0.1, 0.15) is 23.0 Å². The highest BCUT2D eigenvalue weighted by molar-refractivity contribution is 6.22. The molecule has 0 fully saturated rings. The summed E-state index contributed by atoms with van der Waals surface area (Å²) in [5, 5.41) is 8.49. The van der Waals surface area contributed by atoms with Crippen LogP contribution in [0.4, 0.5) is 22.7 Å². The van der Waals surface area contributed by atoms with Crippen LogP contribution < -0.4 is 28.7 Å². The van der Waals surface area contributed by atoms with Crippen molar-refractivity contribution in [1.82, 2.24) is 49.3 Å². The Balaban J connectivity index is 0.000000172. The van der Waals surface area contributed by atoms with Gasteiger partial charge in [0.05, 0.1) is 115 Å². The van der Waals surface area contributed by atoms with Crippen LogP contribution in [0.5, 0.6) is 23.0 Å². The molecule has 0 N–H and O–H groups in total. The van der Waals surface area contributed by atoms with Crippen LogP contribution in [0.2, 0.25) is 0 Å². The lowest BCUT2D eigenvalue weighted by Crippen LogP contribution is -2.44. The first-order valence-electron chi connectivity index (χ1n) is 26.2. The van der Waals surface area contributed by atoms with E-state index in [9.17, 15) is 19.2 Å². The predicted molar refractivity (Wildman–Crippen MR) is 309 cm³/mol. The topological polar surface area (TPSA) is 205 Å². The number of hydrogen-bond donors (Lipinski definition) is 0. The zero-order valence-corrected chi connectivity index (χ0v) is 46.2. The summed E-state index contributed by atoms with van der Waals surface area (Å²) in [6, 6.07) is 35.8. The van der Waals surface area contributed by atoms with Crippen molar-refractivity contribution in [3.63, 3.8) is 0 Å². The normalized spacial score (nSPS) is 13.4. The van der Waals surface area contributed by atoms with Crippen LogP contribution in [0.3, 0.4) is 0 Å². The molecular formula is C62H56N12O8. The fourth-order valence-electron chi connectivity index (χ4n) is 10.3. The zero-order valence-electron chi connectivity index (χ0n) is 46.2. The van der Waals surface area contributed by atoms with Crippen LogP contribution in [-0.4, -0.2) is 127 Å². The molecule has 2 aliphatic rings. The molecule has 0 saturated heterocycles. The second-order valence-electron chi connectivity index (χ2n) is 19.8. The Morgan fingerprint density at radius 1 is 0.476 bits per heavy atom. The molecule has 0 bridgehead atoms. The molecule has 20 nitrogen and oxygen atoms in total. The largest absolute Gasteiger partial charge is 0.497 e. The van der Waals surface area contributed by atoms with Gasteiger partial charge in [0.2, 0.25) is 0 Å². The second kappa shape index (κ2) is 22.3. The van der Waals surface area contributed by atoms with E-state index in [0.717, 1.165) is 44.9 Å². The lowest BCUT2D eigenvalue weighted by Gasteiger charge is -2.34. The van der Waals surface area contributed by atoms with Crippen molar-refractivity contribution in [3.8, 4) is 45.5 Å². The molecule has 4 aromatic heterocycles. The van der Waals surface area contributed by atoms with E-state index in [1.54, 1.807) is 123 Å². The van der Waals surface area contributed by atoms with Gasteiger partial charge >= 0.3 is 0 Å². The van der Waals surface area contributed by atoms with Gasteiger partial charge in [-0.05, 0) is 74.5 Å². The van der Waals surface area contributed by atoms with Crippen molar-refractivity contribution in [2.24, 2.45) is 14.1 Å². The molecule has 6 aromatic carbocycles. The van der Waals surface area contributed by atoms with Crippen LogP contribution in [-0.2, 0) is 14.1 Å². The Labute approximate surface area is 471 Å². The van der Waals surface area contributed by atoms with Gasteiger partial charge in [-0.15, -0.1) is 0 Å². The maximum absolute atomic E-state index is 13.3. The summed E-state index contributed by atoms with van der Waals surface area (Å²) < 4.78 is 25.6. The van der Waals surface area contributed by atoms with Gasteiger partial charge in [-0.3, -0.25) is 48.3 Å². The van der Waals surface area contributed by atoms with Crippen LogP contribution in [0.1, 0.15) is 55.3 Å². The van der Waals surface area contributed by atoms with E-state index in [2.05, 4.69) is 20.2 Å². The van der Waals surface area contributed by atoms with Crippen LogP contribution in [0.15, 0.2) is 159 Å². The fourth-order valence-corrected chi connectivity index (χ4v) is 10.3. The minimum Gasteiger partial charge on any atom is -0.497 e. The maximum Gasteiger partial charge on any atom is 0.261 e. The first-order valence-corrected chi connectivity index (χ1v) is 26.2. The Morgan fingerprint density at radius 2 is 0.902 bits per heavy atom. The summed E-state index contributed by atoms with van der Waals surface area (Å²) in [5.41, 5.74) is 10.8. The average molecular weight is 1100 g/mol. The molecule has 0 aliphatic carbocycles. The molecule has 4 amide bonds. The number of hydrogen-bond acceptors (Lipinski definition) is 16. The van der Waals surface area contributed by atoms with Gasteiger partial charge in [0, 0.05) is 116 Å². The molecule has 6 heterocycles. The molecule has 412 valence electrons. The van der Waals surface area contributed by atoms with Crippen LogP contribution in [0.25, 0.3) is 44.6 Å². The minimum atomic E-state index is -0.469. The fraction of sp³-hybridized carbons (Fsp3) is 0.194. The maximum atomic E-state index is 13.3. The third kappa shape index (κ3) is 10.4. The number of carbonyl (C=O) groups is 4. The van der Waals surface area contributed by atoms with E-state index in [4.69, 9.17) is 28.9 Å². The molecule has 20 heteroatoms. The highest BCUT2D eigenvalue weighted by Crippen LogP contribution is 2.39. The number of nitrogens with zero attached hydrogens (tertiary/aromatic N) is 12. The summed E-state index contributed by atoms with van der Waals surface area (Å²) >= 11 is 0. The Kier molecular flexibility index (Phi) is 14.6. The number of benzene rings is 6. The van der Waals surface area contributed by atoms with Crippen molar-refractivity contribution >= 4 is 68.4 Å².